The Bertz CT molecular complexity index is 650. The fourth-order valence-corrected chi connectivity index (χ4v) is 2.15. The van der Waals surface area contributed by atoms with Gasteiger partial charge in [0.15, 0.2) is 5.78 Å². The van der Waals surface area contributed by atoms with E-state index in [-0.39, 0.29) is 17.8 Å². The molecule has 3 nitrogen and oxygen atoms in total. The fraction of sp³-hybridized carbons (Fsp3) is 0.125. The number of hydrogen-bond acceptors (Lipinski definition) is 3. The zero-order valence-electron chi connectivity index (χ0n) is 10.9. The van der Waals surface area contributed by atoms with Gasteiger partial charge in [0, 0.05) is 17.0 Å². The van der Waals surface area contributed by atoms with Crippen LogP contribution in [0.25, 0.3) is 0 Å². The third-order valence-corrected chi connectivity index (χ3v) is 3.12. The molecule has 4 heteroatoms. The Hall–Kier alpha value is -2.13. The second kappa shape index (κ2) is 6.35. The van der Waals surface area contributed by atoms with Crippen molar-refractivity contribution in [2.75, 3.05) is 7.11 Å². The summed E-state index contributed by atoms with van der Waals surface area (Å²) in [7, 11) is 1.29. The molecule has 0 fully saturated rings. The maximum Gasteiger partial charge on any atom is 0.338 e. The molecule has 2 aromatic rings. The molecule has 0 amide bonds. The largest absolute Gasteiger partial charge is 0.465 e. The molecule has 0 heterocycles. The predicted octanol–water partition coefficient (Wildman–Crippen LogP) is 3.55. The number of ether oxygens (including phenoxy) is 1. The van der Waals surface area contributed by atoms with Crippen LogP contribution >= 0.6 is 11.6 Å². The van der Waals surface area contributed by atoms with Crippen molar-refractivity contribution in [2.45, 2.75) is 6.42 Å². The molecule has 20 heavy (non-hydrogen) atoms. The van der Waals surface area contributed by atoms with Gasteiger partial charge in [-0.3, -0.25) is 4.79 Å². The quantitative estimate of drug-likeness (QED) is 0.638. The first-order chi connectivity index (χ1) is 9.61. The Morgan fingerprint density at radius 2 is 1.75 bits per heavy atom. The lowest BCUT2D eigenvalue weighted by Crippen LogP contribution is -2.12. The summed E-state index contributed by atoms with van der Waals surface area (Å²) in [6.45, 7) is 0. The molecule has 0 aliphatic heterocycles. The Balaban J connectivity index is 2.28. The number of Topliss-reactive ketones (excluding diaryl/α,β-unsaturated/α-hetero) is 1. The minimum Gasteiger partial charge on any atom is -0.465 e. The monoisotopic (exact) mass is 288 g/mol. The standard InChI is InChI=1S/C16H13ClO3/c1-20-16(19)14-8-3-2-7-13(14)15(18)10-11-5-4-6-12(17)9-11/h2-9H,10H2,1H3. The van der Waals surface area contributed by atoms with Crippen LogP contribution in [0.15, 0.2) is 48.5 Å². The summed E-state index contributed by atoms with van der Waals surface area (Å²) in [5.41, 5.74) is 1.45. The molecule has 0 saturated carbocycles. The second-order valence-electron chi connectivity index (χ2n) is 4.27. The van der Waals surface area contributed by atoms with Gasteiger partial charge in [-0.2, -0.15) is 0 Å². The van der Waals surface area contributed by atoms with Gasteiger partial charge in [-0.25, -0.2) is 4.79 Å². The minimum absolute atomic E-state index is 0.145. The van der Waals surface area contributed by atoms with Gasteiger partial charge in [0.2, 0.25) is 0 Å². The Morgan fingerprint density at radius 3 is 2.40 bits per heavy atom. The van der Waals surface area contributed by atoms with Gasteiger partial charge >= 0.3 is 5.97 Å². The SMILES string of the molecule is COC(=O)c1ccccc1C(=O)Cc1cccc(Cl)c1. The maximum atomic E-state index is 12.3. The first kappa shape index (κ1) is 14.3. The Kier molecular flexibility index (Phi) is 4.53. The predicted molar refractivity (Wildman–Crippen MR) is 77.3 cm³/mol. The topological polar surface area (TPSA) is 43.4 Å². The average molecular weight is 289 g/mol. The highest BCUT2D eigenvalue weighted by molar-refractivity contribution is 6.30. The van der Waals surface area contributed by atoms with Gasteiger partial charge in [0.05, 0.1) is 12.7 Å². The van der Waals surface area contributed by atoms with Gasteiger partial charge in [0.1, 0.15) is 0 Å². The smallest absolute Gasteiger partial charge is 0.338 e. The van der Waals surface area contributed by atoms with Crippen molar-refractivity contribution in [1.29, 1.82) is 0 Å². The number of halogens is 1. The molecule has 0 bridgehead atoms. The molecule has 0 saturated heterocycles. The Labute approximate surface area is 122 Å². The summed E-state index contributed by atoms with van der Waals surface area (Å²) >= 11 is 5.89. The number of esters is 1. The van der Waals surface area contributed by atoms with Gasteiger partial charge in [0.25, 0.3) is 0 Å². The van der Waals surface area contributed by atoms with Crippen LogP contribution in [0.3, 0.4) is 0 Å². The van der Waals surface area contributed by atoms with E-state index in [0.29, 0.717) is 10.6 Å². The number of ketones is 1. The number of carbonyl (C=O) groups excluding carboxylic acids is 2. The molecule has 0 N–H and O–H groups in total. The average Bonchev–Trinajstić information content (AvgIpc) is 2.46. The van der Waals surface area contributed by atoms with Crippen molar-refractivity contribution in [3.8, 4) is 0 Å². The third kappa shape index (κ3) is 3.25. The van der Waals surface area contributed by atoms with E-state index in [0.717, 1.165) is 5.56 Å². The molecular formula is C16H13ClO3. The van der Waals surface area contributed by atoms with Crippen LogP contribution in [-0.2, 0) is 11.2 Å². The first-order valence-electron chi connectivity index (χ1n) is 6.07. The molecule has 102 valence electrons. The highest BCUT2D eigenvalue weighted by Crippen LogP contribution is 2.16. The van der Waals surface area contributed by atoms with Crippen LogP contribution in [0.2, 0.25) is 5.02 Å². The van der Waals surface area contributed by atoms with Crippen molar-refractivity contribution >= 4 is 23.4 Å². The second-order valence-corrected chi connectivity index (χ2v) is 4.70. The highest BCUT2D eigenvalue weighted by atomic mass is 35.5. The summed E-state index contributed by atoms with van der Waals surface area (Å²) in [4.78, 5) is 24.0. The molecule has 0 spiro atoms. The summed E-state index contributed by atoms with van der Waals surface area (Å²) < 4.78 is 4.68. The molecule has 2 aromatic carbocycles. The van der Waals surface area contributed by atoms with Gasteiger partial charge in [-0.1, -0.05) is 41.9 Å². The van der Waals surface area contributed by atoms with E-state index in [1.165, 1.54) is 7.11 Å². The minimum atomic E-state index is -0.514. The van der Waals surface area contributed by atoms with Gasteiger partial charge in [-0.15, -0.1) is 0 Å². The molecule has 0 aliphatic carbocycles. The van der Waals surface area contributed by atoms with E-state index in [1.54, 1.807) is 42.5 Å². The summed E-state index contributed by atoms with van der Waals surface area (Å²) in [6.07, 6.45) is 0.189. The van der Waals surface area contributed by atoms with Gasteiger partial charge < -0.3 is 4.74 Å². The number of carbonyl (C=O) groups is 2. The zero-order chi connectivity index (χ0) is 14.5. The van der Waals surface area contributed by atoms with Crippen LogP contribution in [0, 0.1) is 0 Å². The Morgan fingerprint density at radius 1 is 1.05 bits per heavy atom. The van der Waals surface area contributed by atoms with E-state index in [4.69, 9.17) is 11.6 Å². The molecule has 0 radical (unpaired) electrons. The lowest BCUT2D eigenvalue weighted by atomic mass is 9.98. The fourth-order valence-electron chi connectivity index (χ4n) is 1.94. The number of hydrogen-bond donors (Lipinski definition) is 0. The van der Waals surface area contributed by atoms with Crippen molar-refractivity contribution in [1.82, 2.24) is 0 Å². The van der Waals surface area contributed by atoms with Crippen molar-refractivity contribution < 1.29 is 14.3 Å². The van der Waals surface area contributed by atoms with E-state index in [1.807, 2.05) is 6.07 Å². The lowest BCUT2D eigenvalue weighted by Gasteiger charge is -2.07. The van der Waals surface area contributed by atoms with E-state index in [2.05, 4.69) is 4.74 Å². The van der Waals surface area contributed by atoms with Crippen LogP contribution in [0.1, 0.15) is 26.3 Å². The van der Waals surface area contributed by atoms with Crippen molar-refractivity contribution in [2.24, 2.45) is 0 Å². The number of methoxy groups -OCH3 is 1. The number of rotatable bonds is 4. The van der Waals surface area contributed by atoms with E-state index in [9.17, 15) is 9.59 Å². The molecule has 0 aliphatic rings. The third-order valence-electron chi connectivity index (χ3n) is 2.89. The molecular weight excluding hydrogens is 276 g/mol. The van der Waals surface area contributed by atoms with Crippen LogP contribution in [0.4, 0.5) is 0 Å². The summed E-state index contributed by atoms with van der Waals surface area (Å²) in [5, 5.41) is 0.580. The molecule has 0 unspecified atom stereocenters. The zero-order valence-corrected chi connectivity index (χ0v) is 11.7. The van der Waals surface area contributed by atoms with Crippen molar-refractivity contribution in [3.63, 3.8) is 0 Å². The maximum absolute atomic E-state index is 12.3. The highest BCUT2D eigenvalue weighted by Gasteiger charge is 2.17. The van der Waals surface area contributed by atoms with Gasteiger partial charge in [-0.05, 0) is 23.8 Å². The van der Waals surface area contributed by atoms with E-state index < -0.39 is 5.97 Å². The van der Waals surface area contributed by atoms with Crippen LogP contribution in [-0.4, -0.2) is 18.9 Å². The molecule has 2 rings (SSSR count). The van der Waals surface area contributed by atoms with Crippen LogP contribution < -0.4 is 0 Å². The van der Waals surface area contributed by atoms with Crippen molar-refractivity contribution in [3.05, 3.63) is 70.2 Å². The molecule has 0 atom stereocenters. The van der Waals surface area contributed by atoms with E-state index >= 15 is 0 Å². The lowest BCUT2D eigenvalue weighted by molar-refractivity contribution is 0.0597. The summed E-state index contributed by atoms with van der Waals surface area (Å²) in [5.74, 6) is -0.659. The number of benzene rings is 2. The molecule has 0 aromatic heterocycles. The first-order valence-corrected chi connectivity index (χ1v) is 6.44. The van der Waals surface area contributed by atoms with Crippen LogP contribution in [0.5, 0.6) is 0 Å². The normalized spacial score (nSPS) is 10.1. The summed E-state index contributed by atoms with van der Waals surface area (Å²) in [6, 6.07) is 13.7.